The van der Waals surface area contributed by atoms with Crippen molar-refractivity contribution in [2.24, 2.45) is 0 Å². The van der Waals surface area contributed by atoms with Crippen molar-refractivity contribution >= 4 is 0 Å². The van der Waals surface area contributed by atoms with E-state index >= 15 is 0 Å². The summed E-state index contributed by atoms with van der Waals surface area (Å²) in [5.41, 5.74) is 0.882. The Bertz CT molecular complexity index is 508. The van der Waals surface area contributed by atoms with E-state index in [-0.39, 0.29) is 0 Å². The lowest BCUT2D eigenvalue weighted by atomic mass is 9.82. The molecule has 2 saturated heterocycles. The van der Waals surface area contributed by atoms with Gasteiger partial charge in [0.05, 0.1) is 11.7 Å². The number of nitriles is 1. The van der Waals surface area contributed by atoms with Crippen LogP contribution >= 0.6 is 0 Å². The Morgan fingerprint density at radius 3 is 2.45 bits per heavy atom. The highest BCUT2D eigenvalue weighted by Gasteiger charge is 2.46. The van der Waals surface area contributed by atoms with Crippen LogP contribution in [-0.4, -0.2) is 27.7 Å². The van der Waals surface area contributed by atoms with E-state index in [1.807, 2.05) is 0 Å². The Kier molecular flexibility index (Phi) is 4.81. The molecule has 22 heavy (non-hydrogen) atoms. The molecule has 0 aromatic heterocycles. The minimum absolute atomic E-state index is 0.492. The van der Waals surface area contributed by atoms with E-state index in [1.54, 1.807) is 0 Å². The zero-order valence-corrected chi connectivity index (χ0v) is 13.2. The van der Waals surface area contributed by atoms with Gasteiger partial charge in [0.15, 0.2) is 0 Å². The maximum absolute atomic E-state index is 10.9. The van der Waals surface area contributed by atoms with Crippen molar-refractivity contribution in [2.75, 3.05) is 0 Å². The van der Waals surface area contributed by atoms with Crippen LogP contribution < -0.4 is 0 Å². The summed E-state index contributed by atoms with van der Waals surface area (Å²) in [6, 6.07) is 13.9. The molecule has 2 atom stereocenters. The lowest BCUT2D eigenvalue weighted by Crippen LogP contribution is -2.50. The summed E-state index contributed by atoms with van der Waals surface area (Å²) in [4.78, 5) is 2.61. The number of aliphatic hydroxyl groups is 1. The van der Waals surface area contributed by atoms with Gasteiger partial charge in [-0.3, -0.25) is 4.90 Å². The van der Waals surface area contributed by atoms with Crippen molar-refractivity contribution in [1.29, 1.82) is 5.26 Å². The maximum atomic E-state index is 10.9. The Labute approximate surface area is 133 Å². The van der Waals surface area contributed by atoms with Gasteiger partial charge in [0.25, 0.3) is 0 Å². The summed E-state index contributed by atoms with van der Waals surface area (Å²) in [7, 11) is 0. The molecule has 1 aromatic carbocycles. The lowest BCUT2D eigenvalue weighted by Gasteiger charge is -2.44. The predicted molar refractivity (Wildman–Crippen MR) is 87.1 cm³/mol. The Hall–Kier alpha value is -1.37. The third-order valence-corrected chi connectivity index (χ3v) is 5.39. The summed E-state index contributed by atoms with van der Waals surface area (Å²) >= 11 is 0. The first-order valence-electron chi connectivity index (χ1n) is 8.59. The van der Waals surface area contributed by atoms with Crippen LogP contribution in [0, 0.1) is 11.3 Å². The van der Waals surface area contributed by atoms with Crippen molar-refractivity contribution in [3.05, 3.63) is 35.9 Å². The zero-order valence-electron chi connectivity index (χ0n) is 13.2. The van der Waals surface area contributed by atoms with Crippen LogP contribution in [0.1, 0.15) is 56.9 Å². The van der Waals surface area contributed by atoms with Crippen LogP contribution in [0.2, 0.25) is 0 Å². The maximum Gasteiger partial charge on any atom is 0.0677 e. The number of piperidine rings is 1. The van der Waals surface area contributed by atoms with Gasteiger partial charge < -0.3 is 5.11 Å². The lowest BCUT2D eigenvalue weighted by molar-refractivity contribution is -0.0609. The van der Waals surface area contributed by atoms with Crippen molar-refractivity contribution in [1.82, 2.24) is 4.90 Å². The van der Waals surface area contributed by atoms with Crippen molar-refractivity contribution < 1.29 is 5.11 Å². The molecule has 2 bridgehead atoms. The second kappa shape index (κ2) is 6.81. The molecule has 118 valence electrons. The van der Waals surface area contributed by atoms with Gasteiger partial charge in [0, 0.05) is 25.0 Å². The first-order valence-corrected chi connectivity index (χ1v) is 8.59. The number of rotatable bonds is 6. The van der Waals surface area contributed by atoms with Gasteiger partial charge in [0.2, 0.25) is 0 Å². The molecule has 2 heterocycles. The summed E-state index contributed by atoms with van der Waals surface area (Å²) in [5, 5.41) is 19.5. The van der Waals surface area contributed by atoms with Gasteiger partial charge in [-0.25, -0.2) is 0 Å². The predicted octanol–water partition coefficient (Wildman–Crippen LogP) is 3.63. The van der Waals surface area contributed by atoms with E-state index in [9.17, 15) is 5.11 Å². The molecule has 1 N–H and O–H groups in total. The standard InChI is InChI=1S/C19H26N2O/c20-12-6-2-5-11-19(22)13-17-9-10-18(14-19)21(17)15-16-7-3-1-4-8-16/h1,3-4,7-8,17-18,22H,2,5-6,9-11,13-15H2. The number of benzene rings is 1. The molecule has 3 rings (SSSR count). The summed E-state index contributed by atoms with van der Waals surface area (Å²) < 4.78 is 0. The molecule has 0 radical (unpaired) electrons. The van der Waals surface area contributed by atoms with Crippen LogP contribution in [0.4, 0.5) is 0 Å². The first kappa shape index (κ1) is 15.5. The fourth-order valence-electron chi connectivity index (χ4n) is 4.33. The number of hydrogen-bond donors (Lipinski definition) is 1. The van der Waals surface area contributed by atoms with E-state index in [0.717, 1.165) is 38.6 Å². The molecule has 3 nitrogen and oxygen atoms in total. The SMILES string of the molecule is N#CCCCCC1(O)CC2CCC(C1)N2Cc1ccccc1. The van der Waals surface area contributed by atoms with Gasteiger partial charge in [-0.15, -0.1) is 0 Å². The van der Waals surface area contributed by atoms with Gasteiger partial charge >= 0.3 is 0 Å². The normalized spacial score (nSPS) is 31.1. The topological polar surface area (TPSA) is 47.3 Å². The molecule has 0 saturated carbocycles. The molecule has 2 aliphatic heterocycles. The first-order chi connectivity index (χ1) is 10.7. The average molecular weight is 298 g/mol. The number of nitrogens with zero attached hydrogens (tertiary/aromatic N) is 2. The van der Waals surface area contributed by atoms with E-state index in [1.165, 1.54) is 18.4 Å². The highest BCUT2D eigenvalue weighted by molar-refractivity contribution is 5.16. The minimum Gasteiger partial charge on any atom is -0.390 e. The molecule has 2 unspecified atom stereocenters. The van der Waals surface area contributed by atoms with E-state index in [2.05, 4.69) is 41.3 Å². The minimum atomic E-state index is -0.492. The van der Waals surface area contributed by atoms with Crippen molar-refractivity contribution in [3.63, 3.8) is 0 Å². The van der Waals surface area contributed by atoms with E-state index in [0.29, 0.717) is 18.5 Å². The van der Waals surface area contributed by atoms with Crippen LogP contribution in [0.5, 0.6) is 0 Å². The number of hydrogen-bond acceptors (Lipinski definition) is 3. The third kappa shape index (κ3) is 3.51. The quantitative estimate of drug-likeness (QED) is 0.816. The van der Waals surface area contributed by atoms with Crippen LogP contribution in [0.25, 0.3) is 0 Å². The molecular formula is C19H26N2O. The van der Waals surface area contributed by atoms with Gasteiger partial charge in [-0.2, -0.15) is 5.26 Å². The highest BCUT2D eigenvalue weighted by atomic mass is 16.3. The zero-order chi connectivity index (χ0) is 15.4. The molecule has 1 aromatic rings. The van der Waals surface area contributed by atoms with Crippen molar-refractivity contribution in [3.8, 4) is 6.07 Å². The Morgan fingerprint density at radius 1 is 1.14 bits per heavy atom. The number of unbranched alkanes of at least 4 members (excludes halogenated alkanes) is 2. The fourth-order valence-corrected chi connectivity index (χ4v) is 4.33. The fraction of sp³-hybridized carbons (Fsp3) is 0.632. The molecule has 0 aliphatic carbocycles. The van der Waals surface area contributed by atoms with E-state index < -0.39 is 5.60 Å². The smallest absolute Gasteiger partial charge is 0.0677 e. The Balaban J connectivity index is 1.58. The van der Waals surface area contributed by atoms with Crippen LogP contribution in [0.15, 0.2) is 30.3 Å². The van der Waals surface area contributed by atoms with Crippen LogP contribution in [0.3, 0.4) is 0 Å². The van der Waals surface area contributed by atoms with Gasteiger partial charge in [0.1, 0.15) is 0 Å². The largest absolute Gasteiger partial charge is 0.390 e. The molecule has 3 heteroatoms. The molecule has 2 fully saturated rings. The molecule has 2 aliphatic rings. The second-order valence-corrected chi connectivity index (χ2v) is 7.04. The van der Waals surface area contributed by atoms with Gasteiger partial charge in [-0.05, 0) is 50.5 Å². The second-order valence-electron chi connectivity index (χ2n) is 7.04. The molecule has 0 amide bonds. The monoisotopic (exact) mass is 298 g/mol. The summed E-state index contributed by atoms with van der Waals surface area (Å²) in [6.07, 6.45) is 7.62. The highest BCUT2D eigenvalue weighted by Crippen LogP contribution is 2.43. The van der Waals surface area contributed by atoms with E-state index in [4.69, 9.17) is 5.26 Å². The Morgan fingerprint density at radius 2 is 1.82 bits per heavy atom. The number of fused-ring (bicyclic) bond motifs is 2. The third-order valence-electron chi connectivity index (χ3n) is 5.39. The molecular weight excluding hydrogens is 272 g/mol. The summed E-state index contributed by atoms with van der Waals surface area (Å²) in [6.45, 7) is 1.01. The molecule has 0 spiro atoms. The summed E-state index contributed by atoms with van der Waals surface area (Å²) in [5.74, 6) is 0. The average Bonchev–Trinajstić information content (AvgIpc) is 2.77. The van der Waals surface area contributed by atoms with Gasteiger partial charge in [-0.1, -0.05) is 30.3 Å². The van der Waals surface area contributed by atoms with Crippen LogP contribution in [-0.2, 0) is 6.54 Å². The van der Waals surface area contributed by atoms with Crippen molar-refractivity contribution in [2.45, 2.75) is 75.6 Å².